The van der Waals surface area contributed by atoms with Crippen molar-refractivity contribution in [1.29, 1.82) is 0 Å². The molecule has 20 heavy (non-hydrogen) atoms. The lowest BCUT2D eigenvalue weighted by Gasteiger charge is -2.28. The molecule has 0 aliphatic carbocycles. The molecule has 1 atom stereocenters. The van der Waals surface area contributed by atoms with Gasteiger partial charge >= 0.3 is 5.97 Å². The van der Waals surface area contributed by atoms with Gasteiger partial charge in [0.15, 0.2) is 0 Å². The fraction of sp³-hybridized carbons (Fsp3) is 0.533. The van der Waals surface area contributed by atoms with E-state index in [0.29, 0.717) is 6.54 Å². The SMILES string of the molecule is CCCCN(C(=O)c1ncccc1C(=O)O)C(C)CC. The molecule has 5 heteroatoms. The van der Waals surface area contributed by atoms with Gasteiger partial charge in [0.2, 0.25) is 0 Å². The molecule has 1 heterocycles. The molecule has 1 N–H and O–H groups in total. The van der Waals surface area contributed by atoms with Crippen LogP contribution in [0.25, 0.3) is 0 Å². The summed E-state index contributed by atoms with van der Waals surface area (Å²) >= 11 is 0. The Morgan fingerprint density at radius 2 is 2.10 bits per heavy atom. The van der Waals surface area contributed by atoms with Crippen LogP contribution in [-0.2, 0) is 0 Å². The maximum atomic E-state index is 12.6. The summed E-state index contributed by atoms with van der Waals surface area (Å²) in [5, 5.41) is 9.16. The molecule has 1 amide bonds. The Morgan fingerprint density at radius 3 is 2.65 bits per heavy atom. The summed E-state index contributed by atoms with van der Waals surface area (Å²) in [5.41, 5.74) is -0.0151. The average Bonchev–Trinajstić information content (AvgIpc) is 2.46. The molecule has 0 saturated heterocycles. The van der Waals surface area contributed by atoms with Crippen molar-refractivity contribution >= 4 is 11.9 Å². The number of amides is 1. The Hall–Kier alpha value is -1.91. The number of hydrogen-bond acceptors (Lipinski definition) is 3. The highest BCUT2D eigenvalue weighted by Crippen LogP contribution is 2.14. The summed E-state index contributed by atoms with van der Waals surface area (Å²) in [6, 6.07) is 3.01. The number of carboxylic acids is 1. The molecule has 1 unspecified atom stereocenters. The van der Waals surface area contributed by atoms with Gasteiger partial charge in [0, 0.05) is 18.8 Å². The van der Waals surface area contributed by atoms with Crippen LogP contribution in [0, 0.1) is 0 Å². The first kappa shape index (κ1) is 16.1. The molecule has 1 rings (SSSR count). The minimum Gasteiger partial charge on any atom is -0.478 e. The lowest BCUT2D eigenvalue weighted by molar-refractivity contribution is 0.0642. The van der Waals surface area contributed by atoms with Gasteiger partial charge < -0.3 is 10.0 Å². The first-order valence-electron chi connectivity index (χ1n) is 7.02. The maximum absolute atomic E-state index is 12.6. The zero-order valence-corrected chi connectivity index (χ0v) is 12.3. The molecule has 0 bridgehead atoms. The monoisotopic (exact) mass is 278 g/mol. The molecule has 1 aromatic heterocycles. The van der Waals surface area contributed by atoms with E-state index in [1.165, 1.54) is 18.3 Å². The molecule has 0 aliphatic rings. The normalized spacial score (nSPS) is 11.9. The second-order valence-corrected chi connectivity index (χ2v) is 4.81. The van der Waals surface area contributed by atoms with Crippen molar-refractivity contribution < 1.29 is 14.7 Å². The molecule has 0 saturated carbocycles. The number of carboxylic acid groups (broad SMARTS) is 1. The third-order valence-electron chi connectivity index (χ3n) is 3.38. The van der Waals surface area contributed by atoms with Crippen molar-refractivity contribution in [2.75, 3.05) is 6.54 Å². The molecular formula is C15H22N2O3. The van der Waals surface area contributed by atoms with Crippen LogP contribution in [0.4, 0.5) is 0 Å². The smallest absolute Gasteiger partial charge is 0.338 e. The first-order chi connectivity index (χ1) is 9.52. The molecule has 5 nitrogen and oxygen atoms in total. The third-order valence-corrected chi connectivity index (χ3v) is 3.38. The van der Waals surface area contributed by atoms with Crippen LogP contribution in [-0.4, -0.2) is 39.5 Å². The fourth-order valence-electron chi connectivity index (χ4n) is 1.96. The second-order valence-electron chi connectivity index (χ2n) is 4.81. The third kappa shape index (κ3) is 3.79. The van der Waals surface area contributed by atoms with E-state index in [9.17, 15) is 9.59 Å². The van der Waals surface area contributed by atoms with Gasteiger partial charge in [0.25, 0.3) is 5.91 Å². The van der Waals surface area contributed by atoms with Crippen LogP contribution in [0.2, 0.25) is 0 Å². The highest BCUT2D eigenvalue weighted by molar-refractivity contribution is 6.03. The number of unbranched alkanes of at least 4 members (excludes halogenated alkanes) is 1. The molecule has 0 spiro atoms. The average molecular weight is 278 g/mol. The second kappa shape index (κ2) is 7.62. The minimum absolute atomic E-state index is 0.0244. The van der Waals surface area contributed by atoms with Gasteiger partial charge in [0.1, 0.15) is 5.69 Å². The fourth-order valence-corrected chi connectivity index (χ4v) is 1.96. The van der Waals surface area contributed by atoms with Crippen LogP contribution < -0.4 is 0 Å². The minimum atomic E-state index is -1.12. The van der Waals surface area contributed by atoms with Crippen molar-refractivity contribution in [3.63, 3.8) is 0 Å². The van der Waals surface area contributed by atoms with Crippen molar-refractivity contribution in [3.05, 3.63) is 29.6 Å². The summed E-state index contributed by atoms with van der Waals surface area (Å²) in [6.45, 7) is 6.66. The largest absolute Gasteiger partial charge is 0.478 e. The Bertz CT molecular complexity index is 474. The molecule has 1 aromatic rings. The number of aromatic carboxylic acids is 1. The number of carbonyl (C=O) groups excluding carboxylic acids is 1. The molecular weight excluding hydrogens is 256 g/mol. The van der Waals surface area contributed by atoms with E-state index in [4.69, 9.17) is 5.11 Å². The molecule has 0 aliphatic heterocycles. The summed E-state index contributed by atoms with van der Waals surface area (Å²) in [5.74, 6) is -1.42. The zero-order chi connectivity index (χ0) is 15.1. The highest BCUT2D eigenvalue weighted by Gasteiger charge is 2.25. The predicted molar refractivity (Wildman–Crippen MR) is 76.9 cm³/mol. The van der Waals surface area contributed by atoms with E-state index in [-0.39, 0.29) is 23.2 Å². The van der Waals surface area contributed by atoms with Crippen molar-refractivity contribution in [1.82, 2.24) is 9.88 Å². The Kier molecular flexibility index (Phi) is 6.15. The van der Waals surface area contributed by atoms with Gasteiger partial charge in [-0.05, 0) is 31.9 Å². The van der Waals surface area contributed by atoms with Crippen LogP contribution in [0.15, 0.2) is 18.3 Å². The first-order valence-corrected chi connectivity index (χ1v) is 7.02. The lowest BCUT2D eigenvalue weighted by atomic mass is 10.1. The highest BCUT2D eigenvalue weighted by atomic mass is 16.4. The van der Waals surface area contributed by atoms with Gasteiger partial charge in [-0.1, -0.05) is 20.3 Å². The number of nitrogens with zero attached hydrogens (tertiary/aromatic N) is 2. The number of hydrogen-bond donors (Lipinski definition) is 1. The van der Waals surface area contributed by atoms with Gasteiger partial charge in [-0.15, -0.1) is 0 Å². The van der Waals surface area contributed by atoms with Crippen LogP contribution >= 0.6 is 0 Å². The quantitative estimate of drug-likeness (QED) is 0.832. The summed E-state index contributed by atoms with van der Waals surface area (Å²) in [7, 11) is 0. The number of rotatable bonds is 7. The zero-order valence-electron chi connectivity index (χ0n) is 12.3. The summed E-state index contributed by atoms with van der Waals surface area (Å²) in [4.78, 5) is 29.5. The molecule has 0 aromatic carbocycles. The van der Waals surface area contributed by atoms with Gasteiger partial charge in [-0.2, -0.15) is 0 Å². The maximum Gasteiger partial charge on any atom is 0.338 e. The summed E-state index contributed by atoms with van der Waals surface area (Å²) < 4.78 is 0. The Morgan fingerprint density at radius 1 is 1.40 bits per heavy atom. The molecule has 0 fully saturated rings. The predicted octanol–water partition coefficient (Wildman–Crippen LogP) is 2.82. The topological polar surface area (TPSA) is 70.5 Å². The van der Waals surface area contributed by atoms with Crippen LogP contribution in [0.5, 0.6) is 0 Å². The van der Waals surface area contributed by atoms with Gasteiger partial charge in [-0.3, -0.25) is 9.78 Å². The van der Waals surface area contributed by atoms with Gasteiger partial charge in [0.05, 0.1) is 5.56 Å². The molecule has 0 radical (unpaired) electrons. The number of aromatic nitrogens is 1. The van der Waals surface area contributed by atoms with E-state index in [1.807, 2.05) is 13.8 Å². The molecule has 110 valence electrons. The summed E-state index contributed by atoms with van der Waals surface area (Å²) in [6.07, 6.45) is 4.15. The number of carbonyl (C=O) groups is 2. The van der Waals surface area contributed by atoms with E-state index < -0.39 is 5.97 Å². The van der Waals surface area contributed by atoms with E-state index in [2.05, 4.69) is 11.9 Å². The van der Waals surface area contributed by atoms with E-state index in [1.54, 1.807) is 4.90 Å². The Balaban J connectivity index is 3.08. The van der Waals surface area contributed by atoms with Crippen LogP contribution in [0.1, 0.15) is 60.9 Å². The standard InChI is InChI=1S/C15H22N2O3/c1-4-6-10-17(11(3)5-2)14(18)13-12(15(19)20)8-7-9-16-13/h7-9,11H,4-6,10H2,1-3H3,(H,19,20). The van der Waals surface area contributed by atoms with Crippen molar-refractivity contribution in [3.8, 4) is 0 Å². The van der Waals surface area contributed by atoms with Gasteiger partial charge in [-0.25, -0.2) is 4.79 Å². The van der Waals surface area contributed by atoms with Crippen molar-refractivity contribution in [2.24, 2.45) is 0 Å². The number of pyridine rings is 1. The van der Waals surface area contributed by atoms with Crippen LogP contribution in [0.3, 0.4) is 0 Å². The lowest BCUT2D eigenvalue weighted by Crippen LogP contribution is -2.40. The Labute approximate surface area is 119 Å². The van der Waals surface area contributed by atoms with E-state index >= 15 is 0 Å². The van der Waals surface area contributed by atoms with Crippen molar-refractivity contribution in [2.45, 2.75) is 46.1 Å². The van der Waals surface area contributed by atoms with E-state index in [0.717, 1.165) is 19.3 Å².